The minimum Gasteiger partial charge on any atom is -0.462 e. The van der Waals surface area contributed by atoms with E-state index in [1.165, 1.54) is 6.92 Å². The van der Waals surface area contributed by atoms with Crippen LogP contribution in [-0.2, 0) is 20.6 Å². The zero-order valence-corrected chi connectivity index (χ0v) is 17.1. The first-order valence-electron chi connectivity index (χ1n) is 10.1. The maximum atomic E-state index is 10.3. The smallest absolute Gasteiger partial charge is 0.229 e. The number of aliphatic hydroxyl groups is 6. The number of aliphatic hydroxyl groups excluding tert-OH is 6. The normalized spacial score (nSPS) is 41.0. The number of hydrogen-bond donors (Lipinski definition) is 6. The van der Waals surface area contributed by atoms with Crippen LogP contribution in [0.15, 0.2) is 36.9 Å². The van der Waals surface area contributed by atoms with Gasteiger partial charge in [0.05, 0.1) is 12.7 Å². The van der Waals surface area contributed by atoms with Gasteiger partial charge in [0, 0.05) is 0 Å². The highest BCUT2D eigenvalue weighted by Crippen LogP contribution is 2.27. The molecule has 174 valence electrons. The molecule has 2 aliphatic heterocycles. The molecular formula is C21H30O10. The monoisotopic (exact) mass is 442 g/mol. The Morgan fingerprint density at radius 2 is 1.45 bits per heavy atom. The summed E-state index contributed by atoms with van der Waals surface area (Å²) in [6.45, 7) is 4.83. The van der Waals surface area contributed by atoms with Gasteiger partial charge < -0.3 is 49.6 Å². The van der Waals surface area contributed by atoms with Gasteiger partial charge in [-0.15, -0.1) is 6.58 Å². The molecule has 2 aliphatic rings. The van der Waals surface area contributed by atoms with E-state index in [0.717, 1.165) is 5.56 Å². The van der Waals surface area contributed by atoms with E-state index in [1.807, 2.05) is 12.1 Å². The van der Waals surface area contributed by atoms with Gasteiger partial charge in [-0.3, -0.25) is 0 Å². The molecule has 10 heteroatoms. The van der Waals surface area contributed by atoms with E-state index in [1.54, 1.807) is 18.2 Å². The Hall–Kier alpha value is -1.60. The summed E-state index contributed by atoms with van der Waals surface area (Å²) in [6.07, 6.45) is -10.9. The van der Waals surface area contributed by atoms with Crippen LogP contribution in [0.2, 0.25) is 0 Å². The predicted octanol–water partition coefficient (Wildman–Crippen LogP) is -1.55. The summed E-state index contributed by atoms with van der Waals surface area (Å²) in [7, 11) is 0. The number of ether oxygens (including phenoxy) is 4. The molecule has 1 aromatic rings. The lowest BCUT2D eigenvalue weighted by atomic mass is 9.98. The molecule has 0 amide bonds. The van der Waals surface area contributed by atoms with Crippen LogP contribution in [0.25, 0.3) is 0 Å². The fraction of sp³-hybridized carbons (Fsp3) is 0.619. The molecule has 0 aromatic heterocycles. The molecule has 6 N–H and O–H groups in total. The van der Waals surface area contributed by atoms with Gasteiger partial charge in [-0.25, -0.2) is 0 Å². The molecule has 2 heterocycles. The van der Waals surface area contributed by atoms with E-state index in [-0.39, 0.29) is 6.61 Å². The lowest BCUT2D eigenvalue weighted by Gasteiger charge is -2.42. The number of hydrogen-bond acceptors (Lipinski definition) is 10. The van der Waals surface area contributed by atoms with Crippen molar-refractivity contribution in [3.8, 4) is 5.75 Å². The van der Waals surface area contributed by atoms with Crippen LogP contribution >= 0.6 is 0 Å². The first-order chi connectivity index (χ1) is 14.7. The summed E-state index contributed by atoms with van der Waals surface area (Å²) < 4.78 is 22.0. The fourth-order valence-electron chi connectivity index (χ4n) is 3.50. The highest BCUT2D eigenvalue weighted by Gasteiger charge is 2.47. The van der Waals surface area contributed by atoms with Gasteiger partial charge in [-0.1, -0.05) is 18.2 Å². The summed E-state index contributed by atoms with van der Waals surface area (Å²) in [5, 5.41) is 60.4. The van der Waals surface area contributed by atoms with E-state index in [2.05, 4.69) is 6.58 Å². The maximum absolute atomic E-state index is 10.3. The second kappa shape index (κ2) is 10.3. The van der Waals surface area contributed by atoms with E-state index in [9.17, 15) is 30.6 Å². The number of rotatable bonds is 7. The van der Waals surface area contributed by atoms with Crippen LogP contribution < -0.4 is 4.74 Å². The third-order valence-electron chi connectivity index (χ3n) is 5.46. The van der Waals surface area contributed by atoms with Crippen molar-refractivity contribution in [1.29, 1.82) is 0 Å². The van der Waals surface area contributed by atoms with Gasteiger partial charge in [0.1, 0.15) is 48.5 Å². The standard InChI is InChI=1S/C21H30O10/c1-3-4-11-5-7-12(8-6-11)30-21-19(27)17(25)15(23)13(31-21)9-28-20-18(26)16(24)14(22)10(2)29-20/h3,5-8,10,13-27H,1,4,9H2,2H3/t10-,13+,14-,15+,16+,17-,18+,19+,20-,21+/m0/s1. The summed E-state index contributed by atoms with van der Waals surface area (Å²) in [5.41, 5.74) is 1.02. The van der Waals surface area contributed by atoms with Crippen LogP contribution in [0.3, 0.4) is 0 Å². The molecule has 0 unspecified atom stereocenters. The molecule has 1 aromatic carbocycles. The number of benzene rings is 1. The zero-order chi connectivity index (χ0) is 22.7. The van der Waals surface area contributed by atoms with Crippen LogP contribution in [0, 0.1) is 0 Å². The second-order valence-electron chi connectivity index (χ2n) is 7.78. The summed E-state index contributed by atoms with van der Waals surface area (Å²) >= 11 is 0. The molecule has 3 rings (SSSR count). The SMILES string of the molecule is C=CCc1ccc(O[C@@H]2O[C@H](CO[C@H]3O[C@@H](C)[C@H](O)[C@@H](O)[C@H]3O)[C@@H](O)[C@H](O)[C@H]2O)cc1. The van der Waals surface area contributed by atoms with Gasteiger partial charge in [0.25, 0.3) is 0 Å². The first kappa shape index (κ1) is 24.1. The lowest BCUT2D eigenvalue weighted by molar-refractivity contribution is -0.318. The third kappa shape index (κ3) is 5.43. The molecule has 10 atom stereocenters. The number of allylic oxidation sites excluding steroid dienone is 1. The Morgan fingerprint density at radius 3 is 2.10 bits per heavy atom. The first-order valence-corrected chi connectivity index (χ1v) is 10.1. The quantitative estimate of drug-likeness (QED) is 0.273. The van der Waals surface area contributed by atoms with Crippen molar-refractivity contribution < 1.29 is 49.6 Å². The summed E-state index contributed by atoms with van der Waals surface area (Å²) in [6, 6.07) is 7.00. The molecule has 0 saturated carbocycles. The minimum absolute atomic E-state index is 0.347. The highest BCUT2D eigenvalue weighted by molar-refractivity contribution is 5.28. The van der Waals surface area contributed by atoms with Crippen molar-refractivity contribution >= 4 is 0 Å². The van der Waals surface area contributed by atoms with Crippen molar-refractivity contribution in [2.45, 2.75) is 74.8 Å². The maximum Gasteiger partial charge on any atom is 0.229 e. The van der Waals surface area contributed by atoms with Crippen molar-refractivity contribution in [3.63, 3.8) is 0 Å². The van der Waals surface area contributed by atoms with Crippen LogP contribution in [0.1, 0.15) is 12.5 Å². The molecular weight excluding hydrogens is 412 g/mol. The molecule has 2 fully saturated rings. The lowest BCUT2D eigenvalue weighted by Crippen LogP contribution is -2.61. The van der Waals surface area contributed by atoms with Crippen molar-refractivity contribution in [3.05, 3.63) is 42.5 Å². The van der Waals surface area contributed by atoms with Crippen molar-refractivity contribution in [2.75, 3.05) is 6.61 Å². The van der Waals surface area contributed by atoms with E-state index in [0.29, 0.717) is 12.2 Å². The van der Waals surface area contributed by atoms with Crippen LogP contribution in [0.4, 0.5) is 0 Å². The van der Waals surface area contributed by atoms with Crippen LogP contribution in [0.5, 0.6) is 5.75 Å². The topological polar surface area (TPSA) is 158 Å². The average molecular weight is 442 g/mol. The third-order valence-corrected chi connectivity index (χ3v) is 5.46. The Morgan fingerprint density at radius 1 is 0.839 bits per heavy atom. The van der Waals surface area contributed by atoms with Gasteiger partial charge in [-0.2, -0.15) is 0 Å². The Balaban J connectivity index is 1.62. The average Bonchev–Trinajstić information content (AvgIpc) is 2.76. The highest BCUT2D eigenvalue weighted by atomic mass is 16.7. The van der Waals surface area contributed by atoms with Gasteiger partial charge in [0.15, 0.2) is 6.29 Å². The van der Waals surface area contributed by atoms with Gasteiger partial charge in [0.2, 0.25) is 6.29 Å². The minimum atomic E-state index is -1.57. The second-order valence-corrected chi connectivity index (χ2v) is 7.78. The van der Waals surface area contributed by atoms with Crippen LogP contribution in [-0.4, -0.2) is 98.7 Å². The Kier molecular flexibility index (Phi) is 8.03. The molecule has 0 bridgehead atoms. The Labute approximate surface area is 179 Å². The molecule has 31 heavy (non-hydrogen) atoms. The molecule has 2 saturated heterocycles. The molecule has 10 nitrogen and oxygen atoms in total. The van der Waals surface area contributed by atoms with Crippen molar-refractivity contribution in [1.82, 2.24) is 0 Å². The molecule has 0 radical (unpaired) electrons. The molecule has 0 aliphatic carbocycles. The van der Waals surface area contributed by atoms with E-state index < -0.39 is 61.4 Å². The predicted molar refractivity (Wildman–Crippen MR) is 106 cm³/mol. The van der Waals surface area contributed by atoms with Gasteiger partial charge in [-0.05, 0) is 31.0 Å². The van der Waals surface area contributed by atoms with E-state index in [4.69, 9.17) is 18.9 Å². The summed E-state index contributed by atoms with van der Waals surface area (Å²) in [5.74, 6) is 0.386. The Bertz CT molecular complexity index is 713. The molecule has 0 spiro atoms. The zero-order valence-electron chi connectivity index (χ0n) is 17.1. The fourth-order valence-corrected chi connectivity index (χ4v) is 3.50. The summed E-state index contributed by atoms with van der Waals surface area (Å²) in [4.78, 5) is 0. The largest absolute Gasteiger partial charge is 0.462 e. The van der Waals surface area contributed by atoms with Crippen molar-refractivity contribution in [2.24, 2.45) is 0 Å². The van der Waals surface area contributed by atoms with Gasteiger partial charge >= 0.3 is 0 Å². The van der Waals surface area contributed by atoms with E-state index >= 15 is 0 Å².